The van der Waals surface area contributed by atoms with E-state index in [0.717, 1.165) is 36.0 Å². The Hall–Kier alpha value is -2.83. The topological polar surface area (TPSA) is 54.0 Å². The van der Waals surface area contributed by atoms with Crippen molar-refractivity contribution >= 4 is 22.7 Å². The van der Waals surface area contributed by atoms with Crippen LogP contribution < -0.4 is 4.74 Å². The van der Waals surface area contributed by atoms with Gasteiger partial charge in [-0.1, -0.05) is 48.2 Å². The molecule has 0 radical (unpaired) electrons. The Balaban J connectivity index is 1.61. The van der Waals surface area contributed by atoms with Gasteiger partial charge in [0.25, 0.3) is 0 Å². The van der Waals surface area contributed by atoms with Crippen molar-refractivity contribution in [2.75, 3.05) is 19.9 Å². The van der Waals surface area contributed by atoms with Gasteiger partial charge in [0.15, 0.2) is 5.16 Å². The predicted molar refractivity (Wildman–Crippen MR) is 121 cm³/mol. The van der Waals surface area contributed by atoms with Gasteiger partial charge in [-0.3, -0.25) is 4.90 Å². The van der Waals surface area contributed by atoms with Crippen molar-refractivity contribution in [3.05, 3.63) is 83.3 Å². The van der Waals surface area contributed by atoms with E-state index in [9.17, 15) is 0 Å². The fraction of sp³-hybridized carbons (Fsp3) is 0.250. The molecule has 6 heteroatoms. The number of nitrogens with zero attached hydrogens (tertiary/aromatic N) is 3. The van der Waals surface area contributed by atoms with Crippen LogP contribution in [-0.4, -0.2) is 39.8 Å². The first-order valence-corrected chi connectivity index (χ1v) is 11.3. The summed E-state index contributed by atoms with van der Waals surface area (Å²) in [4.78, 5) is 15.1. The molecule has 5 nitrogen and oxygen atoms in total. The fourth-order valence-corrected chi connectivity index (χ4v) is 4.79. The number of hydrogen-bond acceptors (Lipinski definition) is 5. The maximum Gasteiger partial charge on any atom is 0.187 e. The predicted octanol–water partition coefficient (Wildman–Crippen LogP) is 4.84. The molecule has 2 aromatic carbocycles. The van der Waals surface area contributed by atoms with Gasteiger partial charge in [0.2, 0.25) is 0 Å². The van der Waals surface area contributed by atoms with Crippen molar-refractivity contribution < 1.29 is 4.74 Å². The van der Waals surface area contributed by atoms with Gasteiger partial charge in [-0.05, 0) is 30.4 Å². The molecule has 152 valence electrons. The number of ether oxygens (including phenoxy) is 1. The van der Waals surface area contributed by atoms with Crippen LogP contribution in [-0.2, 0) is 13.0 Å². The fourth-order valence-electron chi connectivity index (χ4n) is 4.47. The summed E-state index contributed by atoms with van der Waals surface area (Å²) in [6.07, 6.45) is 6.89. The van der Waals surface area contributed by atoms with Crippen LogP contribution in [0, 0.1) is 0 Å². The van der Waals surface area contributed by atoms with Crippen molar-refractivity contribution in [1.82, 2.24) is 19.9 Å². The average Bonchev–Trinajstić information content (AvgIpc) is 3.18. The molecule has 1 aliphatic heterocycles. The first-order chi connectivity index (χ1) is 14.8. The van der Waals surface area contributed by atoms with Crippen LogP contribution in [0.4, 0.5) is 0 Å². The Bertz CT molecular complexity index is 1170. The van der Waals surface area contributed by atoms with Gasteiger partial charge in [0.1, 0.15) is 5.75 Å². The van der Waals surface area contributed by atoms with Crippen molar-refractivity contribution in [3.63, 3.8) is 0 Å². The molecule has 4 aromatic rings. The van der Waals surface area contributed by atoms with E-state index >= 15 is 0 Å². The third kappa shape index (κ3) is 3.36. The normalized spacial score (nSPS) is 16.5. The number of aromatic nitrogens is 3. The van der Waals surface area contributed by atoms with Crippen molar-refractivity contribution in [2.24, 2.45) is 0 Å². The Morgan fingerprint density at radius 2 is 1.87 bits per heavy atom. The van der Waals surface area contributed by atoms with E-state index in [1.54, 1.807) is 18.9 Å². The summed E-state index contributed by atoms with van der Waals surface area (Å²) in [7, 11) is 1.74. The number of nitrogens with one attached hydrogen (secondary N) is 1. The third-order valence-corrected chi connectivity index (χ3v) is 6.39. The van der Waals surface area contributed by atoms with E-state index in [0.29, 0.717) is 0 Å². The quantitative estimate of drug-likeness (QED) is 0.373. The van der Waals surface area contributed by atoms with Gasteiger partial charge in [-0.25, -0.2) is 9.97 Å². The monoisotopic (exact) mass is 416 g/mol. The maximum absolute atomic E-state index is 5.75. The molecule has 0 unspecified atom stereocenters. The zero-order valence-electron chi connectivity index (χ0n) is 17.1. The molecule has 0 bridgehead atoms. The Kier molecular flexibility index (Phi) is 5.19. The van der Waals surface area contributed by atoms with Gasteiger partial charge >= 0.3 is 0 Å². The number of H-pyrrole nitrogens is 1. The lowest BCUT2D eigenvalue weighted by Gasteiger charge is -2.36. The number of benzene rings is 2. The van der Waals surface area contributed by atoms with Crippen LogP contribution in [0.25, 0.3) is 10.9 Å². The highest BCUT2D eigenvalue weighted by atomic mass is 32.2. The van der Waals surface area contributed by atoms with E-state index in [1.807, 2.05) is 30.8 Å². The molecule has 0 spiro atoms. The zero-order valence-corrected chi connectivity index (χ0v) is 17.9. The lowest BCUT2D eigenvalue weighted by molar-refractivity contribution is 0.198. The van der Waals surface area contributed by atoms with Gasteiger partial charge in [0.05, 0.1) is 13.2 Å². The molecule has 0 aliphatic carbocycles. The van der Waals surface area contributed by atoms with E-state index in [-0.39, 0.29) is 6.04 Å². The highest BCUT2D eigenvalue weighted by Crippen LogP contribution is 2.41. The van der Waals surface area contributed by atoms with E-state index < -0.39 is 0 Å². The Morgan fingerprint density at radius 1 is 1.10 bits per heavy atom. The van der Waals surface area contributed by atoms with Crippen LogP contribution in [0.3, 0.4) is 0 Å². The van der Waals surface area contributed by atoms with Crippen LogP contribution in [0.15, 0.2) is 66.1 Å². The minimum atomic E-state index is 0.0810. The van der Waals surface area contributed by atoms with Crippen molar-refractivity contribution in [3.8, 4) is 5.75 Å². The molecule has 0 saturated carbocycles. The van der Waals surface area contributed by atoms with Crippen LogP contribution >= 0.6 is 11.8 Å². The molecule has 1 atom stereocenters. The summed E-state index contributed by atoms with van der Waals surface area (Å²) in [6.45, 7) is 1.74. The number of rotatable bonds is 5. The summed E-state index contributed by atoms with van der Waals surface area (Å²) in [5.74, 6) is 0.910. The third-order valence-electron chi connectivity index (χ3n) is 5.82. The lowest BCUT2D eigenvalue weighted by Crippen LogP contribution is -2.36. The minimum absolute atomic E-state index is 0.0810. The highest BCUT2D eigenvalue weighted by Gasteiger charge is 2.33. The number of aromatic amines is 1. The smallest absolute Gasteiger partial charge is 0.187 e. The number of methoxy groups -OCH3 is 1. The number of thioether (sulfide) groups is 1. The summed E-state index contributed by atoms with van der Waals surface area (Å²) < 4.78 is 5.75. The van der Waals surface area contributed by atoms with Crippen LogP contribution in [0.5, 0.6) is 5.75 Å². The van der Waals surface area contributed by atoms with E-state index in [1.165, 1.54) is 27.7 Å². The second-order valence-electron chi connectivity index (χ2n) is 7.51. The SMILES string of the molecule is COc1ccccc1[C@@H]1c2[nH]c3ccccc3c2CCN1Cc1cnc(SC)nc1. The Labute approximate surface area is 180 Å². The van der Waals surface area contributed by atoms with E-state index in [4.69, 9.17) is 4.74 Å². The molecule has 1 aliphatic rings. The molecule has 1 N–H and O–H groups in total. The van der Waals surface area contributed by atoms with Gasteiger partial charge in [-0.15, -0.1) is 0 Å². The van der Waals surface area contributed by atoms with E-state index in [2.05, 4.69) is 56.3 Å². The summed E-state index contributed by atoms with van der Waals surface area (Å²) >= 11 is 1.56. The average molecular weight is 417 g/mol. The van der Waals surface area contributed by atoms with Crippen LogP contribution in [0.2, 0.25) is 0 Å². The molecule has 0 amide bonds. The maximum atomic E-state index is 5.75. The van der Waals surface area contributed by atoms with Crippen molar-refractivity contribution in [1.29, 1.82) is 0 Å². The molecule has 0 fully saturated rings. The summed E-state index contributed by atoms with van der Waals surface area (Å²) in [5, 5.41) is 2.12. The van der Waals surface area contributed by atoms with Crippen molar-refractivity contribution in [2.45, 2.75) is 24.2 Å². The number of fused-ring (bicyclic) bond motifs is 3. The summed E-state index contributed by atoms with van der Waals surface area (Å²) in [5.41, 5.74) is 6.15. The second-order valence-corrected chi connectivity index (χ2v) is 8.28. The molecular weight excluding hydrogens is 392 g/mol. The number of hydrogen-bond donors (Lipinski definition) is 1. The lowest BCUT2D eigenvalue weighted by atomic mass is 9.91. The Morgan fingerprint density at radius 3 is 2.67 bits per heavy atom. The minimum Gasteiger partial charge on any atom is -0.496 e. The molecule has 3 heterocycles. The largest absolute Gasteiger partial charge is 0.496 e. The molecular formula is C24H24N4OS. The molecule has 30 heavy (non-hydrogen) atoms. The standard InChI is InChI=1S/C24H24N4OS/c1-29-21-10-6-4-8-19(21)23-22-18(17-7-3-5-9-20(17)27-22)11-12-28(23)15-16-13-25-24(30-2)26-14-16/h3-10,13-14,23,27H,11-12,15H2,1-2H3/t23-/m1/s1. The first-order valence-electron chi connectivity index (χ1n) is 10.1. The molecule has 5 rings (SSSR count). The van der Waals surface area contributed by atoms with Gasteiger partial charge < -0.3 is 9.72 Å². The summed E-state index contributed by atoms with van der Waals surface area (Å²) in [6, 6.07) is 17.0. The first kappa shape index (κ1) is 19.2. The van der Waals surface area contributed by atoms with Gasteiger partial charge in [0, 0.05) is 53.2 Å². The number of para-hydroxylation sites is 2. The van der Waals surface area contributed by atoms with Gasteiger partial charge in [-0.2, -0.15) is 0 Å². The molecule has 0 saturated heterocycles. The van der Waals surface area contributed by atoms with Crippen LogP contribution in [0.1, 0.15) is 28.4 Å². The highest BCUT2D eigenvalue weighted by molar-refractivity contribution is 7.98. The molecule has 2 aromatic heterocycles. The zero-order chi connectivity index (χ0) is 20.5. The second kappa shape index (κ2) is 8.13.